The van der Waals surface area contributed by atoms with Gasteiger partial charge in [0.1, 0.15) is 28.5 Å². The number of aromatic nitrogens is 5. The van der Waals surface area contributed by atoms with Gasteiger partial charge in [0.05, 0.1) is 17.1 Å². The van der Waals surface area contributed by atoms with E-state index in [-0.39, 0.29) is 29.0 Å². The Morgan fingerprint density at radius 2 is 0.596 bits per heavy atom. The van der Waals surface area contributed by atoms with E-state index in [1.807, 2.05) is 126 Å². The van der Waals surface area contributed by atoms with Gasteiger partial charge >= 0.3 is 0 Å². The molecule has 0 atom stereocenters. The van der Waals surface area contributed by atoms with Gasteiger partial charge in [0.15, 0.2) is 23.1 Å². The van der Waals surface area contributed by atoms with E-state index in [0.717, 1.165) is 141 Å². The quantitative estimate of drug-likeness (QED) is 0.138. The highest BCUT2D eigenvalue weighted by atomic mass is 16.2. The Bertz CT molecular complexity index is 3530. The lowest BCUT2D eigenvalue weighted by molar-refractivity contribution is 0.0930. The molecule has 462 valence electrons. The van der Waals surface area contributed by atoms with Crippen LogP contribution in [0.15, 0.2) is 121 Å². The van der Waals surface area contributed by atoms with Crippen LogP contribution in [0, 0.1) is 13.8 Å². The number of pyridine rings is 5. The van der Waals surface area contributed by atoms with Gasteiger partial charge in [-0.2, -0.15) is 0 Å². The van der Waals surface area contributed by atoms with Crippen molar-refractivity contribution < 1.29 is 24.0 Å². The van der Waals surface area contributed by atoms with Crippen molar-refractivity contribution in [3.63, 3.8) is 0 Å². The number of fused-ring (bicyclic) bond motifs is 5. The van der Waals surface area contributed by atoms with Crippen LogP contribution in [0.1, 0.15) is 233 Å². The van der Waals surface area contributed by atoms with Crippen molar-refractivity contribution in [3.8, 4) is 33.8 Å². The number of rotatable bonds is 9. The zero-order valence-electron chi connectivity index (χ0n) is 54.3. The van der Waals surface area contributed by atoms with Crippen molar-refractivity contribution in [2.45, 2.75) is 197 Å². The molecule has 14 rings (SSSR count). The van der Waals surface area contributed by atoms with Crippen molar-refractivity contribution in [1.29, 1.82) is 0 Å². The van der Waals surface area contributed by atoms with Gasteiger partial charge in [0.25, 0.3) is 5.91 Å². The minimum absolute atomic E-state index is 0.0136. The van der Waals surface area contributed by atoms with E-state index in [1.165, 1.54) is 81.3 Å². The Hall–Kier alpha value is -8.44. The fourth-order valence-corrected chi connectivity index (χ4v) is 13.0. The Morgan fingerprint density at radius 3 is 0.899 bits per heavy atom. The minimum atomic E-state index is 0.0136. The SMILES string of the molecule is CC.CC.CC(=O)c1cc2c(c(-c3ccccc3)n1)CCC2.CC(=O)c1cc2c(c(-c3ccccc3)n1)CCC2.CC(=O)c1cc2c(c(-c3ccccc3)n1)CCC2.CC(=O)c1cc2c(c(C)n1)CCC2.Cc1nc(C(=O)NC2CCCC2)cc2c1CCC2. The van der Waals surface area contributed by atoms with Gasteiger partial charge in [-0.15, -0.1) is 0 Å². The van der Waals surface area contributed by atoms with E-state index in [9.17, 15) is 24.0 Å². The molecule has 5 heterocycles. The molecule has 5 aromatic heterocycles. The summed E-state index contributed by atoms with van der Waals surface area (Å²) in [6.45, 7) is 18.3. The third-order valence-corrected chi connectivity index (χ3v) is 17.4. The maximum atomic E-state index is 12.2. The first kappa shape index (κ1) is 66.5. The molecule has 1 saturated carbocycles. The summed E-state index contributed by atoms with van der Waals surface area (Å²) in [6.07, 6.45) is 21.5. The van der Waals surface area contributed by atoms with Crippen LogP contribution in [-0.4, -0.2) is 60.0 Å². The second kappa shape index (κ2) is 32.2. The molecule has 0 radical (unpaired) electrons. The molecule has 3 aromatic carbocycles. The van der Waals surface area contributed by atoms with Crippen LogP contribution >= 0.6 is 0 Å². The first-order valence-corrected chi connectivity index (χ1v) is 32.8. The van der Waals surface area contributed by atoms with Crippen LogP contribution in [0.5, 0.6) is 0 Å². The number of amides is 1. The Morgan fingerprint density at radius 1 is 0.337 bits per heavy atom. The van der Waals surface area contributed by atoms with E-state index in [2.05, 4.69) is 66.6 Å². The Labute approximate surface area is 528 Å². The van der Waals surface area contributed by atoms with Gasteiger partial charge in [-0.25, -0.2) is 24.9 Å². The molecule has 6 aliphatic rings. The molecule has 1 N–H and O–H groups in total. The van der Waals surface area contributed by atoms with E-state index >= 15 is 0 Å². The lowest BCUT2D eigenvalue weighted by Crippen LogP contribution is -2.33. The second-order valence-electron chi connectivity index (χ2n) is 23.5. The summed E-state index contributed by atoms with van der Waals surface area (Å²) in [5.41, 5.74) is 24.7. The number of benzene rings is 3. The van der Waals surface area contributed by atoms with Gasteiger partial charge in [-0.05, 0) is 209 Å². The number of ketones is 4. The lowest BCUT2D eigenvalue weighted by Gasteiger charge is -2.13. The molecule has 0 unspecified atom stereocenters. The Kier molecular flexibility index (Phi) is 24.0. The second-order valence-corrected chi connectivity index (χ2v) is 23.5. The number of hydrogen-bond acceptors (Lipinski definition) is 10. The highest BCUT2D eigenvalue weighted by Gasteiger charge is 2.25. The summed E-state index contributed by atoms with van der Waals surface area (Å²) in [4.78, 5) is 80.5. The van der Waals surface area contributed by atoms with E-state index in [0.29, 0.717) is 34.5 Å². The van der Waals surface area contributed by atoms with Crippen LogP contribution in [0.4, 0.5) is 0 Å². The summed E-state index contributed by atoms with van der Waals surface area (Å²) < 4.78 is 0. The summed E-state index contributed by atoms with van der Waals surface area (Å²) in [6, 6.07) is 40.7. The molecule has 11 heteroatoms. The average Bonchev–Trinajstić information content (AvgIpc) is 2.58. The van der Waals surface area contributed by atoms with Crippen LogP contribution in [-0.2, 0) is 64.2 Å². The third kappa shape index (κ3) is 16.8. The predicted octanol–water partition coefficient (Wildman–Crippen LogP) is 17.0. The fraction of sp³-hybridized carbons (Fsp3) is 0.385. The summed E-state index contributed by atoms with van der Waals surface area (Å²) in [5, 5.41) is 3.11. The molecule has 11 nitrogen and oxygen atoms in total. The van der Waals surface area contributed by atoms with E-state index < -0.39 is 0 Å². The maximum Gasteiger partial charge on any atom is 0.270 e. The van der Waals surface area contributed by atoms with Crippen molar-refractivity contribution in [2.75, 3.05) is 0 Å². The standard InChI is InChI=1S/3C16H15NO.C15H20N2O.C11H13NO.2C2H6/c3*1-11(18)15-10-13-8-5-9-14(13)16(17-15)12-6-3-2-4-7-12;1-10-13-8-4-5-11(13)9-14(16-10)15(18)17-12-6-2-3-7-12;1-7-10-5-3-4-9(10)6-11(12-7)8(2)13;2*1-2/h3*2-4,6-7,10H,5,8-9H2,1H3;9,12H,2-8H2,1H3,(H,17,18);6H,3-5H2,1-2H3;2*1-2H3. The molecule has 1 fully saturated rings. The molecular weight excluding hydrogens is 1100 g/mol. The van der Waals surface area contributed by atoms with Gasteiger partial charge < -0.3 is 5.32 Å². The largest absolute Gasteiger partial charge is 0.348 e. The van der Waals surface area contributed by atoms with Gasteiger partial charge in [-0.3, -0.25) is 24.0 Å². The smallest absolute Gasteiger partial charge is 0.270 e. The van der Waals surface area contributed by atoms with Crippen molar-refractivity contribution in [1.82, 2.24) is 30.2 Å². The van der Waals surface area contributed by atoms with Gasteiger partial charge in [-0.1, -0.05) is 132 Å². The van der Waals surface area contributed by atoms with Crippen LogP contribution < -0.4 is 5.32 Å². The minimum Gasteiger partial charge on any atom is -0.348 e. The monoisotopic (exact) mass is 1190 g/mol. The molecule has 6 aliphatic carbocycles. The van der Waals surface area contributed by atoms with Gasteiger partial charge in [0, 0.05) is 61.8 Å². The number of Topliss-reactive ketones (excluding diaryl/α,β-unsaturated/α-hetero) is 4. The summed E-state index contributed by atoms with van der Waals surface area (Å²) in [7, 11) is 0. The van der Waals surface area contributed by atoms with Crippen molar-refractivity contribution in [2.24, 2.45) is 0 Å². The first-order valence-electron chi connectivity index (χ1n) is 32.8. The summed E-state index contributed by atoms with van der Waals surface area (Å²) >= 11 is 0. The highest BCUT2D eigenvalue weighted by molar-refractivity contribution is 5.95. The summed E-state index contributed by atoms with van der Waals surface area (Å²) in [5.74, 6) is 0.211. The maximum absolute atomic E-state index is 12.2. The molecule has 0 saturated heterocycles. The molecule has 0 bridgehead atoms. The molecule has 89 heavy (non-hydrogen) atoms. The number of carbonyl (C=O) groups is 5. The molecular formula is C78H90N6O5. The first-order chi connectivity index (χ1) is 43.2. The third-order valence-electron chi connectivity index (χ3n) is 17.4. The molecule has 0 aliphatic heterocycles. The Balaban J connectivity index is 0.000000142. The number of nitrogens with zero attached hydrogens (tertiary/aromatic N) is 5. The zero-order valence-corrected chi connectivity index (χ0v) is 54.3. The van der Waals surface area contributed by atoms with Crippen LogP contribution in [0.3, 0.4) is 0 Å². The lowest BCUT2D eigenvalue weighted by atomic mass is 10.0. The number of nitrogens with one attached hydrogen (secondary N) is 1. The number of carbonyl (C=O) groups excluding carboxylic acids is 5. The highest BCUT2D eigenvalue weighted by Crippen LogP contribution is 2.35. The van der Waals surface area contributed by atoms with E-state index in [4.69, 9.17) is 0 Å². The fourth-order valence-electron chi connectivity index (χ4n) is 13.0. The molecule has 0 spiro atoms. The van der Waals surface area contributed by atoms with Crippen LogP contribution in [0.25, 0.3) is 33.8 Å². The topological polar surface area (TPSA) is 162 Å². The van der Waals surface area contributed by atoms with Crippen LogP contribution in [0.2, 0.25) is 0 Å². The normalized spacial score (nSPS) is 14.2. The predicted molar refractivity (Wildman–Crippen MR) is 360 cm³/mol. The molecule has 1 amide bonds. The average molecular weight is 1190 g/mol. The van der Waals surface area contributed by atoms with E-state index in [1.54, 1.807) is 27.7 Å². The number of hydrogen-bond donors (Lipinski definition) is 1. The van der Waals surface area contributed by atoms with Gasteiger partial charge in [0.2, 0.25) is 0 Å². The van der Waals surface area contributed by atoms with Crippen molar-refractivity contribution in [3.05, 3.63) is 217 Å². The van der Waals surface area contributed by atoms with Crippen molar-refractivity contribution >= 4 is 29.0 Å². The number of aryl methyl sites for hydroxylation is 7. The zero-order chi connectivity index (χ0) is 63.6. The molecule has 8 aromatic rings.